The molecule has 8 aliphatic heterocycles. The first kappa shape index (κ1) is 48.4. The third-order valence-corrected chi connectivity index (χ3v) is 17.1. The Morgan fingerprint density at radius 3 is 2.62 bits per heavy atom. The molecule has 9 aliphatic rings. The SMILES string of the molecule is N[C@@H]1NC=C[C@@]23O[C@H]4Oc5cc6c(c(Cn7cc8cc[nH]c8c7CO)c5C[C@]5(CC[C@@H](CC#C[C@@H](C(=O)O)C(=O)O[C@H]12)C5)[C@@]4(O)[C@@H](O)[C@@H]3O)[C@@H]1Oc2c3ccc(OCO)c2OC[C@H](O)C#C[C@H](c2ccccc2)[C@H](O6)[C@@H]31. The lowest BCUT2D eigenvalue weighted by molar-refractivity contribution is -0.377. The van der Waals surface area contributed by atoms with Gasteiger partial charge in [-0.1, -0.05) is 54.2 Å². The Hall–Kier alpha value is -7.24. The lowest BCUT2D eigenvalue weighted by Crippen LogP contribution is -2.80. The predicted octanol–water partition coefficient (Wildman–Crippen LogP) is 2.05. The molecule has 2 spiro atoms. The second-order valence-corrected chi connectivity index (χ2v) is 21.0. The van der Waals surface area contributed by atoms with E-state index < -0.39 is 102 Å². The van der Waals surface area contributed by atoms with Gasteiger partial charge in [0.1, 0.15) is 54.8 Å². The van der Waals surface area contributed by atoms with Crippen molar-refractivity contribution >= 4 is 22.8 Å². The number of nitrogens with two attached hydrogens (primary N) is 1. The summed E-state index contributed by atoms with van der Waals surface area (Å²) in [6, 6.07) is 16.6. The van der Waals surface area contributed by atoms with E-state index in [1.54, 1.807) is 18.3 Å². The molecule has 20 nitrogen and oxygen atoms in total. The maximum Gasteiger partial charge on any atom is 0.333 e. The van der Waals surface area contributed by atoms with Crippen molar-refractivity contribution in [2.45, 2.75) is 117 Å². The van der Waals surface area contributed by atoms with E-state index in [1.807, 2.05) is 53.2 Å². The first-order valence-corrected chi connectivity index (χ1v) is 25.4. The fourth-order valence-electron chi connectivity index (χ4n) is 13.5. The molecule has 14 rings (SSSR count). The minimum absolute atomic E-state index is 0.00923. The van der Waals surface area contributed by atoms with Crippen molar-refractivity contribution in [1.29, 1.82) is 0 Å². The van der Waals surface area contributed by atoms with Gasteiger partial charge in [-0.25, -0.2) is 0 Å². The van der Waals surface area contributed by atoms with E-state index in [2.05, 4.69) is 34.0 Å². The van der Waals surface area contributed by atoms with Crippen molar-refractivity contribution in [2.75, 3.05) is 13.4 Å². The second-order valence-electron chi connectivity index (χ2n) is 21.0. The lowest BCUT2D eigenvalue weighted by Gasteiger charge is -2.59. The number of benzene rings is 3. The van der Waals surface area contributed by atoms with Gasteiger partial charge in [-0.05, 0) is 67.1 Å². The monoisotopic (exact) mass is 1040 g/mol. The van der Waals surface area contributed by atoms with Crippen LogP contribution in [0.5, 0.6) is 28.7 Å². The zero-order valence-electron chi connectivity index (χ0n) is 40.6. The fraction of sp³-hybridized carbons (Fsp3) is 0.429. The molecule has 0 amide bonds. The van der Waals surface area contributed by atoms with Crippen molar-refractivity contribution in [3.05, 3.63) is 113 Å². The molecular formula is C56H54N4O16. The Morgan fingerprint density at radius 1 is 0.974 bits per heavy atom. The number of esters is 1. The number of aliphatic carboxylic acids is 1. The van der Waals surface area contributed by atoms with Crippen LogP contribution in [0, 0.1) is 40.9 Å². The van der Waals surface area contributed by atoms with E-state index in [-0.39, 0.29) is 74.4 Å². The van der Waals surface area contributed by atoms with Crippen LogP contribution in [0.1, 0.15) is 77.1 Å². The van der Waals surface area contributed by atoms with Crippen LogP contribution in [-0.4, -0.2) is 125 Å². The summed E-state index contributed by atoms with van der Waals surface area (Å²) >= 11 is 0. The lowest BCUT2D eigenvalue weighted by atomic mass is 9.59. The molecule has 11 N–H and O–H groups in total. The number of ether oxygens (including phenoxy) is 7. The van der Waals surface area contributed by atoms with Crippen molar-refractivity contribution in [2.24, 2.45) is 23.0 Å². The Morgan fingerprint density at radius 2 is 1.82 bits per heavy atom. The highest BCUT2D eigenvalue weighted by Crippen LogP contribution is 2.65. The van der Waals surface area contributed by atoms with Gasteiger partial charge < -0.3 is 89.5 Å². The Bertz CT molecular complexity index is 3350. The molecule has 3 aromatic carbocycles. The van der Waals surface area contributed by atoms with E-state index >= 15 is 0 Å². The predicted molar refractivity (Wildman–Crippen MR) is 263 cm³/mol. The van der Waals surface area contributed by atoms with E-state index in [4.69, 9.17) is 38.9 Å². The normalized spacial score (nSPS) is 35.2. The average molecular weight is 1040 g/mol. The molecule has 0 unspecified atom stereocenters. The first-order chi connectivity index (χ1) is 36.8. The number of nitrogens with one attached hydrogen (secondary N) is 2. The number of rotatable bonds is 7. The van der Waals surface area contributed by atoms with Crippen LogP contribution < -0.4 is 34.7 Å². The molecule has 2 fully saturated rings. The molecule has 5 aromatic rings. The Balaban J connectivity index is 1.06. The van der Waals surface area contributed by atoms with Crippen LogP contribution in [0.2, 0.25) is 0 Å². The Labute approximate surface area is 433 Å². The van der Waals surface area contributed by atoms with Gasteiger partial charge in [-0.3, -0.25) is 9.59 Å². The summed E-state index contributed by atoms with van der Waals surface area (Å²) in [6.07, 6.45) is -4.62. The fourth-order valence-corrected chi connectivity index (χ4v) is 13.5. The van der Waals surface area contributed by atoms with Crippen LogP contribution in [0.25, 0.3) is 10.9 Å². The number of hydrogen-bond donors (Lipinski definition) is 10. The number of nitrogens with zero attached hydrogens (tertiary/aromatic N) is 1. The second kappa shape index (κ2) is 17.9. The van der Waals surface area contributed by atoms with Gasteiger partial charge in [0, 0.05) is 58.9 Å². The zero-order valence-corrected chi connectivity index (χ0v) is 40.6. The molecule has 1 saturated carbocycles. The largest absolute Gasteiger partial charge is 0.487 e. The number of carboxylic acids is 1. The summed E-state index contributed by atoms with van der Waals surface area (Å²) in [5, 5.41) is 85.4. The number of aromatic amines is 1. The van der Waals surface area contributed by atoms with Crippen LogP contribution in [-0.2, 0) is 38.6 Å². The molecule has 76 heavy (non-hydrogen) atoms. The number of aliphatic hydroxyl groups is 6. The maximum atomic E-state index is 13.8. The number of aliphatic hydroxyl groups excluding tert-OH is 5. The van der Waals surface area contributed by atoms with E-state index in [0.29, 0.717) is 45.6 Å². The molecule has 2 aromatic heterocycles. The molecule has 9 bridgehead atoms. The number of carboxylic acid groups (broad SMARTS) is 1. The highest BCUT2D eigenvalue weighted by molar-refractivity contribution is 5.97. The summed E-state index contributed by atoms with van der Waals surface area (Å²) < 4.78 is 48.4. The molecule has 1 aliphatic carbocycles. The summed E-state index contributed by atoms with van der Waals surface area (Å²) in [5.74, 6) is 6.48. The summed E-state index contributed by atoms with van der Waals surface area (Å²) in [4.78, 5) is 29.6. The van der Waals surface area contributed by atoms with Crippen LogP contribution in [0.3, 0.4) is 0 Å². The van der Waals surface area contributed by atoms with E-state index in [0.717, 1.165) is 10.9 Å². The van der Waals surface area contributed by atoms with Crippen LogP contribution in [0.15, 0.2) is 79.3 Å². The maximum absolute atomic E-state index is 13.8. The van der Waals surface area contributed by atoms with Gasteiger partial charge in [-0.15, -0.1) is 5.92 Å². The molecule has 15 atom stereocenters. The highest BCUT2D eigenvalue weighted by atomic mass is 16.7. The molecule has 20 heteroatoms. The van der Waals surface area contributed by atoms with E-state index in [1.165, 1.54) is 12.3 Å². The van der Waals surface area contributed by atoms with Gasteiger partial charge in [0.05, 0.1) is 29.7 Å². The number of aromatic nitrogens is 2. The quantitative estimate of drug-likeness (QED) is 0.0483. The third kappa shape index (κ3) is 7.09. The van der Waals surface area contributed by atoms with Gasteiger partial charge >= 0.3 is 11.9 Å². The van der Waals surface area contributed by atoms with Gasteiger partial charge in [0.15, 0.2) is 35.6 Å². The molecule has 1 saturated heterocycles. The van der Waals surface area contributed by atoms with Crippen LogP contribution >= 0.6 is 0 Å². The molecular weight excluding hydrogens is 985 g/mol. The smallest absolute Gasteiger partial charge is 0.333 e. The number of hydrogen-bond acceptors (Lipinski definition) is 17. The molecule has 394 valence electrons. The van der Waals surface area contributed by atoms with Gasteiger partial charge in [0.2, 0.25) is 18.0 Å². The van der Waals surface area contributed by atoms with Gasteiger partial charge in [-0.2, -0.15) is 0 Å². The summed E-state index contributed by atoms with van der Waals surface area (Å²) in [5.41, 5.74) is 5.06. The standard InChI is InChI=1S/C56H54N4O16/c57-50-49-55(16-18-59-50)47(64)48(65)56(69)53(76-55)73-38-19-39-40(46-41-32-11-12-37(71-26-62)45(44(32)74-46)70-25-30(63)9-10-31(43(41)72-39)28-6-2-1-3-7-28)35(23-60-22-29-14-17-58-42(29)36(60)24-61)34(38)21-54(56)15-13-27(20-54)5-4-8-33(51(66)67)52(68)75-49/h1-3,6-7,11-12,14,16-19,22,27,30-31,33,41,43,46-50,53,58-59,61-65,69H,5,13,15,20-21,23-26,57H2,(H,66,67)/t27-,30-,31-,33+,41-,43+,46+,47+,48+,49-,50-,53-,54-,55+,56-/m1/s1. The topological polar surface area (TPSA) is 299 Å². The van der Waals surface area contributed by atoms with E-state index in [9.17, 15) is 45.3 Å². The van der Waals surface area contributed by atoms with Crippen molar-refractivity contribution in [3.8, 4) is 52.4 Å². The van der Waals surface area contributed by atoms with Crippen LogP contribution in [0.4, 0.5) is 0 Å². The van der Waals surface area contributed by atoms with Crippen molar-refractivity contribution in [1.82, 2.24) is 14.9 Å². The summed E-state index contributed by atoms with van der Waals surface area (Å²) in [6.45, 7) is -1.23. The number of fused-ring (bicyclic) bond motifs is 9. The van der Waals surface area contributed by atoms with Gasteiger partial charge in [0.25, 0.3) is 0 Å². The molecule has 0 radical (unpaired) electrons. The highest BCUT2D eigenvalue weighted by Gasteiger charge is 2.74. The Kier molecular flexibility index (Phi) is 11.4. The number of carbonyl (C=O) groups is 2. The van der Waals surface area contributed by atoms with Crippen molar-refractivity contribution in [3.63, 3.8) is 0 Å². The third-order valence-electron chi connectivity index (χ3n) is 17.1. The van der Waals surface area contributed by atoms with Crippen molar-refractivity contribution < 1.29 is 78.5 Å². The summed E-state index contributed by atoms with van der Waals surface area (Å²) in [7, 11) is 0. The minimum Gasteiger partial charge on any atom is -0.487 e. The number of H-pyrrole nitrogens is 1. The molecule has 10 heterocycles. The number of carbonyl (C=O) groups excluding carboxylic acids is 1. The zero-order chi connectivity index (χ0) is 52.4. The average Bonchev–Trinajstić information content (AvgIpc) is 4.28. The first-order valence-electron chi connectivity index (χ1n) is 25.4. The minimum atomic E-state index is -2.41.